The number of alkyl halides is 1. The minimum Gasteiger partial charge on any atom is -0.444 e. The topological polar surface area (TPSA) is 49.8 Å². The summed E-state index contributed by atoms with van der Waals surface area (Å²) in [5, 5.41) is 9.65. The number of nitrogens with zero attached hydrogens (tertiary/aromatic N) is 1. The molecule has 1 rings (SSSR count). The van der Waals surface area contributed by atoms with E-state index in [9.17, 15) is 9.90 Å². The fourth-order valence-corrected chi connectivity index (χ4v) is 2.35. The zero-order valence-electron chi connectivity index (χ0n) is 9.36. The van der Waals surface area contributed by atoms with Gasteiger partial charge in [-0.1, -0.05) is 22.6 Å². The predicted octanol–water partition coefficient (Wildman–Crippen LogP) is 1.65. The summed E-state index contributed by atoms with van der Waals surface area (Å²) >= 11 is 2.23. The molecule has 0 radical (unpaired) electrons. The largest absolute Gasteiger partial charge is 0.444 e. The van der Waals surface area contributed by atoms with Crippen molar-refractivity contribution in [3.05, 3.63) is 0 Å². The van der Waals surface area contributed by atoms with Gasteiger partial charge in [0.05, 0.1) is 12.6 Å². The van der Waals surface area contributed by atoms with E-state index in [1.807, 2.05) is 20.8 Å². The number of aliphatic hydroxyl groups excluding tert-OH is 1. The summed E-state index contributed by atoms with van der Waals surface area (Å²) in [4.78, 5) is 13.2. The van der Waals surface area contributed by atoms with Gasteiger partial charge in [0, 0.05) is 16.9 Å². The number of carbonyl (C=O) groups is 1. The Kier molecular flexibility index (Phi) is 4.22. The SMILES string of the molecule is CC(C)(C)OC(=O)N1C[C@H](CI)[C@H](O)C1. The van der Waals surface area contributed by atoms with E-state index in [1.165, 1.54) is 0 Å². The Morgan fingerprint density at radius 2 is 2.13 bits per heavy atom. The van der Waals surface area contributed by atoms with Crippen molar-refractivity contribution in [3.8, 4) is 0 Å². The molecule has 1 fully saturated rings. The maximum atomic E-state index is 11.7. The van der Waals surface area contributed by atoms with Crippen molar-refractivity contribution in [1.82, 2.24) is 4.90 Å². The summed E-state index contributed by atoms with van der Waals surface area (Å²) in [5.41, 5.74) is -0.468. The molecular weight excluding hydrogens is 309 g/mol. The third-order valence-corrected chi connectivity index (χ3v) is 3.39. The van der Waals surface area contributed by atoms with E-state index >= 15 is 0 Å². The number of β-amino-alcohol motifs (C(OH)–C–C–N with tert-alkyl or cyclic N) is 1. The highest BCUT2D eigenvalue weighted by atomic mass is 127. The molecule has 15 heavy (non-hydrogen) atoms. The number of hydrogen-bond acceptors (Lipinski definition) is 3. The number of halogens is 1. The average molecular weight is 327 g/mol. The highest BCUT2D eigenvalue weighted by molar-refractivity contribution is 14.1. The number of aliphatic hydroxyl groups is 1. The summed E-state index contributed by atoms with van der Waals surface area (Å²) in [6, 6.07) is 0. The molecule has 1 heterocycles. The van der Waals surface area contributed by atoms with Crippen molar-refractivity contribution >= 4 is 28.7 Å². The van der Waals surface area contributed by atoms with Crippen LogP contribution in [0.5, 0.6) is 0 Å². The Morgan fingerprint density at radius 3 is 2.53 bits per heavy atom. The zero-order chi connectivity index (χ0) is 11.6. The summed E-state index contributed by atoms with van der Waals surface area (Å²) in [6.07, 6.45) is -0.733. The van der Waals surface area contributed by atoms with Crippen molar-refractivity contribution in [1.29, 1.82) is 0 Å². The minimum atomic E-state index is -0.468. The summed E-state index contributed by atoms with van der Waals surface area (Å²) in [7, 11) is 0. The Morgan fingerprint density at radius 1 is 1.53 bits per heavy atom. The van der Waals surface area contributed by atoms with Gasteiger partial charge in [-0.15, -0.1) is 0 Å². The van der Waals surface area contributed by atoms with Crippen LogP contribution in [-0.4, -0.2) is 45.3 Å². The van der Waals surface area contributed by atoms with Gasteiger partial charge in [-0.3, -0.25) is 0 Å². The third kappa shape index (κ3) is 3.79. The van der Waals surface area contributed by atoms with E-state index in [2.05, 4.69) is 22.6 Å². The second-order valence-electron chi connectivity index (χ2n) is 4.87. The molecule has 4 nitrogen and oxygen atoms in total. The summed E-state index contributed by atoms with van der Waals surface area (Å²) in [6.45, 7) is 6.51. The van der Waals surface area contributed by atoms with Gasteiger partial charge < -0.3 is 14.7 Å². The first-order valence-electron chi connectivity index (χ1n) is 5.05. The molecule has 0 saturated carbocycles. The van der Waals surface area contributed by atoms with Crippen molar-refractivity contribution in [3.63, 3.8) is 0 Å². The van der Waals surface area contributed by atoms with Gasteiger partial charge in [-0.2, -0.15) is 0 Å². The van der Waals surface area contributed by atoms with Crippen LogP contribution in [0.25, 0.3) is 0 Å². The van der Waals surface area contributed by atoms with Crippen molar-refractivity contribution in [2.24, 2.45) is 5.92 Å². The summed E-state index contributed by atoms with van der Waals surface area (Å²) in [5.74, 6) is 0.179. The van der Waals surface area contributed by atoms with Crippen molar-refractivity contribution in [2.75, 3.05) is 17.5 Å². The average Bonchev–Trinajstić information content (AvgIpc) is 2.43. The van der Waals surface area contributed by atoms with E-state index in [0.29, 0.717) is 13.1 Å². The van der Waals surface area contributed by atoms with Gasteiger partial charge in [-0.25, -0.2) is 4.79 Å². The van der Waals surface area contributed by atoms with Crippen LogP contribution in [0, 0.1) is 5.92 Å². The van der Waals surface area contributed by atoms with Crippen LogP contribution in [0.4, 0.5) is 4.79 Å². The molecule has 0 aromatic heterocycles. The maximum absolute atomic E-state index is 11.7. The van der Waals surface area contributed by atoms with E-state index < -0.39 is 11.7 Å². The Bertz CT molecular complexity index is 239. The quantitative estimate of drug-likeness (QED) is 0.589. The zero-order valence-corrected chi connectivity index (χ0v) is 11.5. The second-order valence-corrected chi connectivity index (χ2v) is 5.75. The number of ether oxygens (including phenoxy) is 1. The normalized spacial score (nSPS) is 26.9. The lowest BCUT2D eigenvalue weighted by atomic mass is 10.1. The Balaban J connectivity index is 2.50. The first-order chi connectivity index (χ1) is 6.83. The smallest absolute Gasteiger partial charge is 0.410 e. The highest BCUT2D eigenvalue weighted by Crippen LogP contribution is 2.21. The van der Waals surface area contributed by atoms with Crippen molar-refractivity contribution < 1.29 is 14.6 Å². The molecule has 0 aromatic carbocycles. The molecule has 0 aliphatic carbocycles. The lowest BCUT2D eigenvalue weighted by Crippen LogP contribution is -2.35. The molecule has 0 unspecified atom stereocenters. The first-order valence-corrected chi connectivity index (χ1v) is 6.58. The Labute approximate surface area is 104 Å². The van der Waals surface area contributed by atoms with E-state index in [4.69, 9.17) is 4.74 Å². The number of amides is 1. The first kappa shape index (κ1) is 13.0. The van der Waals surface area contributed by atoms with Gasteiger partial charge in [0.25, 0.3) is 0 Å². The molecule has 2 atom stereocenters. The molecular formula is C10H18INO3. The minimum absolute atomic E-state index is 0.179. The molecule has 1 aliphatic rings. The fraction of sp³-hybridized carbons (Fsp3) is 0.900. The van der Waals surface area contributed by atoms with Crippen molar-refractivity contribution in [2.45, 2.75) is 32.5 Å². The standard InChI is InChI=1S/C10H18INO3/c1-10(2,3)15-9(14)12-5-7(4-11)8(13)6-12/h7-8,13H,4-6H2,1-3H3/t7-,8+/m0/s1. The predicted molar refractivity (Wildman–Crippen MR) is 66.2 cm³/mol. The van der Waals surface area contributed by atoms with Gasteiger partial charge in [0.15, 0.2) is 0 Å². The number of hydrogen-bond donors (Lipinski definition) is 1. The Hall–Kier alpha value is -0.0400. The van der Waals surface area contributed by atoms with Crippen LogP contribution in [0.15, 0.2) is 0 Å². The monoisotopic (exact) mass is 327 g/mol. The van der Waals surface area contributed by atoms with E-state index in [-0.39, 0.29) is 12.0 Å². The molecule has 1 aliphatic heterocycles. The lowest BCUT2D eigenvalue weighted by molar-refractivity contribution is 0.0270. The lowest BCUT2D eigenvalue weighted by Gasteiger charge is -2.24. The van der Waals surface area contributed by atoms with Gasteiger partial charge in [0.2, 0.25) is 0 Å². The molecule has 88 valence electrons. The van der Waals surface area contributed by atoms with Gasteiger partial charge in [-0.05, 0) is 20.8 Å². The van der Waals surface area contributed by atoms with Gasteiger partial charge in [0.1, 0.15) is 5.60 Å². The maximum Gasteiger partial charge on any atom is 0.410 e. The molecule has 1 saturated heterocycles. The van der Waals surface area contributed by atoms with E-state index in [0.717, 1.165) is 4.43 Å². The van der Waals surface area contributed by atoms with Crippen LogP contribution >= 0.6 is 22.6 Å². The molecule has 1 N–H and O–H groups in total. The number of likely N-dealkylation sites (tertiary alicyclic amines) is 1. The van der Waals surface area contributed by atoms with Crippen LogP contribution in [0.1, 0.15) is 20.8 Å². The third-order valence-electron chi connectivity index (χ3n) is 2.26. The number of carbonyl (C=O) groups excluding carboxylic acids is 1. The van der Waals surface area contributed by atoms with Crippen LogP contribution in [0.2, 0.25) is 0 Å². The molecule has 0 bridgehead atoms. The molecule has 0 spiro atoms. The van der Waals surface area contributed by atoms with Crippen LogP contribution in [0.3, 0.4) is 0 Å². The van der Waals surface area contributed by atoms with Crippen LogP contribution < -0.4 is 0 Å². The molecule has 5 heteroatoms. The fourth-order valence-electron chi connectivity index (χ4n) is 1.48. The van der Waals surface area contributed by atoms with E-state index in [1.54, 1.807) is 4.90 Å². The summed E-state index contributed by atoms with van der Waals surface area (Å²) < 4.78 is 6.10. The van der Waals surface area contributed by atoms with Crippen LogP contribution in [-0.2, 0) is 4.74 Å². The molecule has 1 amide bonds. The number of rotatable bonds is 1. The highest BCUT2D eigenvalue weighted by Gasteiger charge is 2.35. The molecule has 0 aromatic rings. The van der Waals surface area contributed by atoms with Gasteiger partial charge >= 0.3 is 6.09 Å². The second kappa shape index (κ2) is 4.86.